The number of hydrogen-bond acceptors (Lipinski definition) is 6. The maximum atomic E-state index is 12.7. The predicted molar refractivity (Wildman–Crippen MR) is 229 cm³/mol. The highest BCUT2D eigenvalue weighted by atomic mass is 16.6. The molecule has 0 saturated carbocycles. The average Bonchev–Trinajstić information content (AvgIpc) is 3.15. The third-order valence-corrected chi connectivity index (χ3v) is 10.8. The number of esters is 3. The molecular weight excluding hydrogens is 673 g/mol. The molecule has 320 valence electrons. The van der Waals surface area contributed by atoms with E-state index in [9.17, 15) is 14.4 Å². The lowest BCUT2D eigenvalue weighted by atomic mass is 10.0. The van der Waals surface area contributed by atoms with Crippen LogP contribution in [0, 0.1) is 5.92 Å². The molecule has 0 aliphatic carbocycles. The summed E-state index contributed by atoms with van der Waals surface area (Å²) in [7, 11) is 0. The number of hydrogen-bond donors (Lipinski definition) is 0. The lowest BCUT2D eigenvalue weighted by Crippen LogP contribution is -2.30. The molecule has 6 heteroatoms. The number of carbonyl (C=O) groups is 3. The highest BCUT2D eigenvalue weighted by molar-refractivity contribution is 5.71. The quantitative estimate of drug-likeness (QED) is 0.0349. The number of carbonyl (C=O) groups excluding carboxylic acids is 3. The molecule has 0 saturated heterocycles. The van der Waals surface area contributed by atoms with Gasteiger partial charge in [-0.1, -0.05) is 227 Å². The summed E-state index contributed by atoms with van der Waals surface area (Å²) >= 11 is 0. The van der Waals surface area contributed by atoms with Crippen molar-refractivity contribution in [1.29, 1.82) is 0 Å². The molecule has 0 N–H and O–H groups in total. The summed E-state index contributed by atoms with van der Waals surface area (Å²) in [6, 6.07) is 0. The molecule has 0 bridgehead atoms. The van der Waals surface area contributed by atoms with E-state index in [1.165, 1.54) is 161 Å². The molecule has 0 radical (unpaired) electrons. The van der Waals surface area contributed by atoms with E-state index in [1.807, 2.05) is 0 Å². The van der Waals surface area contributed by atoms with Crippen LogP contribution in [0.3, 0.4) is 0 Å². The summed E-state index contributed by atoms with van der Waals surface area (Å²) in [5.41, 5.74) is 0. The van der Waals surface area contributed by atoms with E-state index in [1.54, 1.807) is 0 Å². The maximum Gasteiger partial charge on any atom is 0.306 e. The second-order valence-electron chi connectivity index (χ2n) is 16.9. The normalized spacial score (nSPS) is 11.9. The Labute approximate surface area is 336 Å². The Kier molecular flexibility index (Phi) is 41.3. The highest BCUT2D eigenvalue weighted by Gasteiger charge is 2.19. The van der Waals surface area contributed by atoms with Crippen molar-refractivity contribution >= 4 is 17.9 Å². The van der Waals surface area contributed by atoms with Crippen molar-refractivity contribution in [3.8, 4) is 0 Å². The summed E-state index contributed by atoms with van der Waals surface area (Å²) in [5, 5.41) is 0. The third-order valence-electron chi connectivity index (χ3n) is 10.8. The number of unbranched alkanes of at least 4 members (excludes halogenated alkanes) is 30. The van der Waals surface area contributed by atoms with Crippen LogP contribution in [0.4, 0.5) is 0 Å². The molecule has 0 aliphatic heterocycles. The molecule has 0 aromatic carbocycles. The second kappa shape index (κ2) is 42.6. The summed E-state index contributed by atoms with van der Waals surface area (Å²) in [6.45, 7) is 8.99. The zero-order chi connectivity index (χ0) is 39.6. The first-order chi connectivity index (χ1) is 26.4. The second-order valence-corrected chi connectivity index (χ2v) is 16.9. The first-order valence-corrected chi connectivity index (χ1v) is 23.9. The predicted octanol–water partition coefficient (Wildman–Crippen LogP) is 15.1. The molecule has 0 unspecified atom stereocenters. The minimum atomic E-state index is -0.759. The molecule has 6 nitrogen and oxygen atoms in total. The molecule has 0 fully saturated rings. The van der Waals surface area contributed by atoms with Gasteiger partial charge in [-0.2, -0.15) is 0 Å². The standard InChI is InChI=1S/C48H92O6/c1-5-7-9-11-13-15-16-17-20-25-29-33-37-41-48(51)54-45(42-52-46(49)39-35-31-27-22-14-12-10-8-6-2)43-53-47(50)40-36-32-28-24-21-18-19-23-26-30-34-38-44(3)4/h44-45H,5-43H2,1-4H3/t45-/m0/s1. The summed E-state index contributed by atoms with van der Waals surface area (Å²) < 4.78 is 16.7. The van der Waals surface area contributed by atoms with Crippen LogP contribution in [-0.4, -0.2) is 37.2 Å². The fraction of sp³-hybridized carbons (Fsp3) is 0.938. The smallest absolute Gasteiger partial charge is 0.306 e. The fourth-order valence-electron chi connectivity index (χ4n) is 7.16. The Morgan fingerprint density at radius 2 is 0.611 bits per heavy atom. The van der Waals surface area contributed by atoms with Crippen LogP contribution < -0.4 is 0 Å². The van der Waals surface area contributed by atoms with Crippen molar-refractivity contribution in [2.45, 2.75) is 271 Å². The topological polar surface area (TPSA) is 78.9 Å². The zero-order valence-corrected chi connectivity index (χ0v) is 36.7. The van der Waals surface area contributed by atoms with Crippen LogP contribution >= 0.6 is 0 Å². The van der Waals surface area contributed by atoms with Gasteiger partial charge in [-0.3, -0.25) is 14.4 Å². The fourth-order valence-corrected chi connectivity index (χ4v) is 7.16. The van der Waals surface area contributed by atoms with Crippen LogP contribution in [0.15, 0.2) is 0 Å². The van der Waals surface area contributed by atoms with E-state index in [-0.39, 0.29) is 31.1 Å². The highest BCUT2D eigenvalue weighted by Crippen LogP contribution is 2.16. The van der Waals surface area contributed by atoms with Gasteiger partial charge in [-0.25, -0.2) is 0 Å². The van der Waals surface area contributed by atoms with E-state index >= 15 is 0 Å². The molecule has 0 heterocycles. The third kappa shape index (κ3) is 41.6. The van der Waals surface area contributed by atoms with E-state index in [0.717, 1.165) is 63.7 Å². The monoisotopic (exact) mass is 765 g/mol. The molecule has 0 amide bonds. The number of ether oxygens (including phenoxy) is 3. The van der Waals surface area contributed by atoms with Gasteiger partial charge in [0.2, 0.25) is 0 Å². The van der Waals surface area contributed by atoms with Crippen LogP contribution in [0.2, 0.25) is 0 Å². The maximum absolute atomic E-state index is 12.7. The van der Waals surface area contributed by atoms with Gasteiger partial charge in [0.25, 0.3) is 0 Å². The van der Waals surface area contributed by atoms with E-state index < -0.39 is 6.10 Å². The lowest BCUT2D eigenvalue weighted by Gasteiger charge is -2.18. The largest absolute Gasteiger partial charge is 0.462 e. The molecule has 0 aromatic heterocycles. The van der Waals surface area contributed by atoms with Crippen LogP contribution in [0.5, 0.6) is 0 Å². The molecule has 54 heavy (non-hydrogen) atoms. The van der Waals surface area contributed by atoms with Gasteiger partial charge in [0.15, 0.2) is 6.10 Å². The van der Waals surface area contributed by atoms with Crippen LogP contribution in [-0.2, 0) is 28.6 Å². The first kappa shape index (κ1) is 52.4. The SMILES string of the molecule is CCCCCCCCCCCCCCCC(=O)O[C@@H](COC(=O)CCCCCCCCCCC)COC(=O)CCCCCCCCCCCCCC(C)C. The van der Waals surface area contributed by atoms with E-state index in [4.69, 9.17) is 14.2 Å². The summed E-state index contributed by atoms with van der Waals surface area (Å²) in [5.74, 6) is -0.0258. The Bertz CT molecular complexity index is 811. The molecule has 0 aliphatic rings. The molecular formula is C48H92O6. The van der Waals surface area contributed by atoms with Crippen LogP contribution in [0.25, 0.3) is 0 Å². The average molecular weight is 765 g/mol. The van der Waals surface area contributed by atoms with Crippen molar-refractivity contribution in [3.63, 3.8) is 0 Å². The Hall–Kier alpha value is -1.59. The minimum Gasteiger partial charge on any atom is -0.462 e. The summed E-state index contributed by atoms with van der Waals surface area (Å²) in [6.07, 6.45) is 42.3. The number of rotatable bonds is 43. The van der Waals surface area contributed by atoms with Gasteiger partial charge >= 0.3 is 17.9 Å². The van der Waals surface area contributed by atoms with Crippen molar-refractivity contribution in [3.05, 3.63) is 0 Å². The van der Waals surface area contributed by atoms with Gasteiger partial charge in [-0.05, 0) is 25.2 Å². The zero-order valence-electron chi connectivity index (χ0n) is 36.7. The summed E-state index contributed by atoms with van der Waals surface area (Å²) in [4.78, 5) is 37.7. The van der Waals surface area contributed by atoms with Gasteiger partial charge in [0.1, 0.15) is 13.2 Å². The Morgan fingerprint density at radius 1 is 0.352 bits per heavy atom. The van der Waals surface area contributed by atoms with Crippen molar-refractivity contribution in [2.75, 3.05) is 13.2 Å². The minimum absolute atomic E-state index is 0.0635. The first-order valence-electron chi connectivity index (χ1n) is 23.9. The molecule has 0 rings (SSSR count). The van der Waals surface area contributed by atoms with Crippen molar-refractivity contribution in [1.82, 2.24) is 0 Å². The molecule has 1 atom stereocenters. The van der Waals surface area contributed by atoms with Gasteiger partial charge in [0.05, 0.1) is 0 Å². The molecule has 0 spiro atoms. The van der Waals surface area contributed by atoms with Crippen molar-refractivity contribution in [2.24, 2.45) is 5.92 Å². The lowest BCUT2D eigenvalue weighted by molar-refractivity contribution is -0.167. The van der Waals surface area contributed by atoms with Gasteiger partial charge < -0.3 is 14.2 Å². The van der Waals surface area contributed by atoms with E-state index in [2.05, 4.69) is 27.7 Å². The van der Waals surface area contributed by atoms with Crippen LogP contribution in [0.1, 0.15) is 265 Å². The van der Waals surface area contributed by atoms with Crippen molar-refractivity contribution < 1.29 is 28.6 Å². The van der Waals surface area contributed by atoms with E-state index in [0.29, 0.717) is 19.3 Å². The Balaban J connectivity index is 4.30. The Morgan fingerprint density at radius 3 is 0.907 bits per heavy atom. The van der Waals surface area contributed by atoms with Gasteiger partial charge in [0, 0.05) is 19.3 Å². The molecule has 0 aromatic rings. The van der Waals surface area contributed by atoms with Gasteiger partial charge in [-0.15, -0.1) is 0 Å².